The second kappa shape index (κ2) is 11.6. The molecule has 0 amide bonds. The van der Waals surface area contributed by atoms with E-state index in [4.69, 9.17) is 19.9 Å². The summed E-state index contributed by atoms with van der Waals surface area (Å²) < 4.78 is 2.53. The van der Waals surface area contributed by atoms with Gasteiger partial charge in [-0.1, -0.05) is 60.7 Å². The SMILES string of the molecule is c1ccc(-c2nc(-c3ccccc3)nc(-c3ccc4cccc(-c5cccc6c5ccc5nc(-c7ccccc7)[se]c56)c4c3)n2)cc1. The molecule has 0 unspecified atom stereocenters. The number of hydrogen-bond acceptors (Lipinski definition) is 4. The summed E-state index contributed by atoms with van der Waals surface area (Å²) in [5.74, 6) is 1.97. The van der Waals surface area contributed by atoms with Gasteiger partial charge in [0.1, 0.15) is 0 Å². The van der Waals surface area contributed by atoms with Crippen molar-refractivity contribution in [1.82, 2.24) is 19.9 Å². The molecule has 0 aliphatic heterocycles. The van der Waals surface area contributed by atoms with E-state index < -0.39 is 0 Å². The first-order valence-corrected chi connectivity index (χ1v) is 17.3. The van der Waals surface area contributed by atoms with E-state index in [0.717, 1.165) is 27.6 Å². The standard InChI is InChI=1S/C42H26N4Se/c1-4-12-28(13-5-1)39-44-40(29-14-6-2-7-15-29)46-41(45-39)31-23-22-27-18-10-19-33(36(27)26-31)32-20-11-21-35-34(32)24-25-37-38(35)47-42(43-37)30-16-8-3-9-17-30/h1-26H. The number of aromatic nitrogens is 4. The quantitative estimate of drug-likeness (QED) is 0.172. The second-order valence-electron chi connectivity index (χ2n) is 11.5. The Morgan fingerprint density at radius 2 is 0.936 bits per heavy atom. The number of benzene rings is 7. The van der Waals surface area contributed by atoms with Gasteiger partial charge in [0.2, 0.25) is 0 Å². The topological polar surface area (TPSA) is 51.6 Å². The van der Waals surface area contributed by atoms with Crippen LogP contribution in [0.3, 0.4) is 0 Å². The fourth-order valence-electron chi connectivity index (χ4n) is 6.27. The van der Waals surface area contributed by atoms with Crippen LogP contribution in [0.25, 0.3) is 86.7 Å². The monoisotopic (exact) mass is 666 g/mol. The third kappa shape index (κ3) is 5.03. The van der Waals surface area contributed by atoms with E-state index in [-0.39, 0.29) is 14.5 Å². The Labute approximate surface area is 277 Å². The number of nitrogens with zero attached hydrogens (tertiary/aromatic N) is 4. The largest absolute Gasteiger partial charge is 0.0615 e. The van der Waals surface area contributed by atoms with E-state index in [0.29, 0.717) is 17.5 Å². The second-order valence-corrected chi connectivity index (χ2v) is 13.6. The van der Waals surface area contributed by atoms with Crippen molar-refractivity contribution in [1.29, 1.82) is 0 Å². The van der Waals surface area contributed by atoms with Gasteiger partial charge in [-0.25, -0.2) is 0 Å². The first-order valence-electron chi connectivity index (χ1n) is 15.6. The maximum Gasteiger partial charge on any atom is -0.0512 e. The summed E-state index contributed by atoms with van der Waals surface area (Å²) in [7, 11) is 0. The molecular weight excluding hydrogens is 639 g/mol. The van der Waals surface area contributed by atoms with Crippen LogP contribution in [-0.4, -0.2) is 34.4 Å². The summed E-state index contributed by atoms with van der Waals surface area (Å²) in [6, 6.07) is 54.9. The Morgan fingerprint density at radius 1 is 0.362 bits per heavy atom. The molecular formula is C42H26N4Se. The van der Waals surface area contributed by atoms with Gasteiger partial charge in [-0.3, -0.25) is 0 Å². The van der Waals surface area contributed by atoms with E-state index in [2.05, 4.69) is 97.1 Å². The van der Waals surface area contributed by atoms with Gasteiger partial charge in [0.05, 0.1) is 0 Å². The first-order chi connectivity index (χ1) is 23.3. The van der Waals surface area contributed by atoms with Crippen molar-refractivity contribution in [2.24, 2.45) is 0 Å². The van der Waals surface area contributed by atoms with Crippen molar-refractivity contribution in [3.63, 3.8) is 0 Å². The smallest absolute Gasteiger partial charge is 0.0512 e. The van der Waals surface area contributed by atoms with Gasteiger partial charge in [-0.2, -0.15) is 0 Å². The Hall–Kier alpha value is -5.74. The summed E-state index contributed by atoms with van der Waals surface area (Å²) in [5, 5.41) is 4.85. The predicted octanol–water partition coefficient (Wildman–Crippen LogP) is 10.1. The Balaban J connectivity index is 1.21. The van der Waals surface area contributed by atoms with Gasteiger partial charge >= 0.3 is 218 Å². The van der Waals surface area contributed by atoms with Crippen molar-refractivity contribution in [3.8, 4) is 55.4 Å². The van der Waals surface area contributed by atoms with E-state index in [1.165, 1.54) is 41.7 Å². The number of fused-ring (bicyclic) bond motifs is 4. The molecule has 0 N–H and O–H groups in total. The third-order valence-electron chi connectivity index (χ3n) is 8.56. The van der Waals surface area contributed by atoms with Gasteiger partial charge in [-0.05, 0) is 0 Å². The number of hydrogen-bond donors (Lipinski definition) is 0. The van der Waals surface area contributed by atoms with Crippen molar-refractivity contribution in [2.75, 3.05) is 0 Å². The van der Waals surface area contributed by atoms with Crippen LogP contribution in [0, 0.1) is 0 Å². The van der Waals surface area contributed by atoms with Gasteiger partial charge in [0.15, 0.2) is 0 Å². The molecule has 9 aromatic rings. The summed E-state index contributed by atoms with van der Waals surface area (Å²) in [6.45, 7) is 0. The molecule has 47 heavy (non-hydrogen) atoms. The molecule has 0 spiro atoms. The zero-order valence-corrected chi connectivity index (χ0v) is 26.9. The molecule has 0 bridgehead atoms. The molecule has 220 valence electrons. The molecule has 7 aromatic carbocycles. The van der Waals surface area contributed by atoms with Crippen LogP contribution in [0.5, 0.6) is 0 Å². The molecule has 0 radical (unpaired) electrons. The van der Waals surface area contributed by atoms with Crippen LogP contribution in [0.15, 0.2) is 158 Å². The molecule has 0 saturated carbocycles. The van der Waals surface area contributed by atoms with E-state index in [1.807, 2.05) is 60.7 Å². The van der Waals surface area contributed by atoms with Gasteiger partial charge in [0.25, 0.3) is 0 Å². The Kier molecular flexibility index (Phi) is 6.78. The van der Waals surface area contributed by atoms with Gasteiger partial charge in [0, 0.05) is 0 Å². The molecule has 4 nitrogen and oxygen atoms in total. The Morgan fingerprint density at radius 3 is 1.60 bits per heavy atom. The molecule has 0 fully saturated rings. The van der Waals surface area contributed by atoms with E-state index in [1.54, 1.807) is 0 Å². The van der Waals surface area contributed by atoms with E-state index in [9.17, 15) is 0 Å². The molecule has 0 aliphatic carbocycles. The molecule has 2 aromatic heterocycles. The van der Waals surface area contributed by atoms with Gasteiger partial charge < -0.3 is 0 Å². The average Bonchev–Trinajstić information content (AvgIpc) is 3.60. The zero-order valence-electron chi connectivity index (χ0n) is 25.2. The molecule has 0 aliphatic rings. The summed E-state index contributed by atoms with van der Waals surface area (Å²) in [6.07, 6.45) is 0. The molecule has 0 saturated heterocycles. The van der Waals surface area contributed by atoms with Crippen LogP contribution in [0.4, 0.5) is 0 Å². The third-order valence-corrected chi connectivity index (χ3v) is 11.0. The van der Waals surface area contributed by atoms with Gasteiger partial charge in [-0.15, -0.1) is 0 Å². The van der Waals surface area contributed by atoms with E-state index >= 15 is 0 Å². The Bertz CT molecular complexity index is 2500. The molecule has 2 heterocycles. The van der Waals surface area contributed by atoms with Crippen LogP contribution in [-0.2, 0) is 0 Å². The fourth-order valence-corrected chi connectivity index (χ4v) is 8.57. The minimum absolute atomic E-state index is 0.131. The normalized spacial score (nSPS) is 11.4. The van der Waals surface area contributed by atoms with Crippen molar-refractivity contribution in [3.05, 3.63) is 158 Å². The summed E-state index contributed by atoms with van der Waals surface area (Å²) in [5.41, 5.74) is 7.56. The fraction of sp³-hybridized carbons (Fsp3) is 0. The summed E-state index contributed by atoms with van der Waals surface area (Å²) >= 11 is 0.131. The molecule has 0 atom stereocenters. The van der Waals surface area contributed by atoms with Crippen LogP contribution in [0.1, 0.15) is 0 Å². The van der Waals surface area contributed by atoms with Crippen LogP contribution < -0.4 is 0 Å². The van der Waals surface area contributed by atoms with Crippen LogP contribution in [0.2, 0.25) is 0 Å². The first kappa shape index (κ1) is 27.6. The van der Waals surface area contributed by atoms with Crippen molar-refractivity contribution < 1.29 is 0 Å². The van der Waals surface area contributed by atoms with Crippen LogP contribution >= 0.6 is 0 Å². The zero-order chi connectivity index (χ0) is 31.2. The maximum atomic E-state index is 5.05. The summed E-state index contributed by atoms with van der Waals surface area (Å²) in [4.78, 5) is 19.9. The predicted molar refractivity (Wildman–Crippen MR) is 194 cm³/mol. The van der Waals surface area contributed by atoms with Crippen molar-refractivity contribution in [2.45, 2.75) is 0 Å². The maximum absolute atomic E-state index is 5.05. The average molecular weight is 666 g/mol. The van der Waals surface area contributed by atoms with Crippen molar-refractivity contribution >= 4 is 45.8 Å². The minimum Gasteiger partial charge on any atom is -0.0615 e. The molecule has 5 heteroatoms. The number of rotatable bonds is 5. The molecule has 9 rings (SSSR count). The minimum atomic E-state index is 0.131.